The van der Waals surface area contributed by atoms with Gasteiger partial charge in [-0.3, -0.25) is 9.78 Å². The normalized spacial score (nSPS) is 10.6. The van der Waals surface area contributed by atoms with E-state index in [1.54, 1.807) is 18.0 Å². The second kappa shape index (κ2) is 11.1. The number of carbonyl (C=O) groups is 1. The van der Waals surface area contributed by atoms with E-state index in [1.807, 2.05) is 72.8 Å². The molecule has 7 heteroatoms. The number of carbonyl (C=O) groups excluding carboxylic acids is 1. The number of nitrogens with one attached hydrogen (secondary N) is 1. The first-order valence-electron chi connectivity index (χ1n) is 11.3. The molecule has 2 aromatic heterocycles. The van der Waals surface area contributed by atoms with Crippen LogP contribution in [0.5, 0.6) is 17.4 Å². The van der Waals surface area contributed by atoms with Gasteiger partial charge in [-0.25, -0.2) is 4.68 Å². The number of pyridine rings is 1. The van der Waals surface area contributed by atoms with Crippen LogP contribution in [0, 0.1) is 0 Å². The summed E-state index contributed by atoms with van der Waals surface area (Å²) in [7, 11) is 1.61. The minimum Gasteiger partial charge on any atom is -0.493 e. The van der Waals surface area contributed by atoms with Crippen LogP contribution in [0.15, 0.2) is 79.0 Å². The van der Waals surface area contributed by atoms with Crippen LogP contribution in [-0.4, -0.2) is 27.8 Å². The molecule has 2 heterocycles. The van der Waals surface area contributed by atoms with E-state index in [2.05, 4.69) is 17.2 Å². The van der Waals surface area contributed by atoms with Gasteiger partial charge in [0.1, 0.15) is 0 Å². The molecule has 7 nitrogen and oxygen atoms in total. The first kappa shape index (κ1) is 23.0. The second-order valence-corrected chi connectivity index (χ2v) is 7.68. The molecule has 0 saturated carbocycles. The smallest absolute Gasteiger partial charge is 0.226 e. The zero-order valence-corrected chi connectivity index (χ0v) is 19.4. The Bertz CT molecular complexity index is 1220. The Labute approximate surface area is 199 Å². The predicted octanol–water partition coefficient (Wildman–Crippen LogP) is 4.88. The van der Waals surface area contributed by atoms with E-state index < -0.39 is 0 Å². The highest BCUT2D eigenvalue weighted by atomic mass is 16.5. The molecule has 0 spiro atoms. The molecule has 4 aromatic rings. The Morgan fingerprint density at radius 3 is 2.41 bits per heavy atom. The molecule has 34 heavy (non-hydrogen) atoms. The van der Waals surface area contributed by atoms with Crippen LogP contribution in [0.4, 0.5) is 0 Å². The van der Waals surface area contributed by atoms with Gasteiger partial charge in [0.05, 0.1) is 30.7 Å². The van der Waals surface area contributed by atoms with Gasteiger partial charge in [-0.15, -0.1) is 0 Å². The number of aryl methyl sites for hydroxylation is 1. The van der Waals surface area contributed by atoms with Crippen LogP contribution in [0.25, 0.3) is 5.69 Å². The van der Waals surface area contributed by atoms with Crippen molar-refractivity contribution in [1.29, 1.82) is 0 Å². The fraction of sp³-hybridized carbons (Fsp3) is 0.222. The number of benzene rings is 2. The van der Waals surface area contributed by atoms with Crippen molar-refractivity contribution in [2.75, 3.05) is 7.11 Å². The molecule has 0 aliphatic carbocycles. The fourth-order valence-electron chi connectivity index (χ4n) is 3.69. The summed E-state index contributed by atoms with van der Waals surface area (Å²) < 4.78 is 13.7. The molecule has 2 aromatic carbocycles. The van der Waals surface area contributed by atoms with Crippen molar-refractivity contribution >= 4 is 5.91 Å². The highest BCUT2D eigenvalue weighted by molar-refractivity contribution is 5.76. The maximum Gasteiger partial charge on any atom is 0.226 e. The molecule has 1 N–H and O–H groups in total. The summed E-state index contributed by atoms with van der Waals surface area (Å²) in [5, 5.41) is 7.77. The molecule has 0 fully saturated rings. The van der Waals surface area contributed by atoms with Crippen LogP contribution in [0.2, 0.25) is 0 Å². The zero-order chi connectivity index (χ0) is 23.8. The lowest BCUT2D eigenvalue weighted by molar-refractivity contribution is -0.121. The van der Waals surface area contributed by atoms with E-state index in [0.29, 0.717) is 43.2 Å². The topological polar surface area (TPSA) is 78.3 Å². The first-order chi connectivity index (χ1) is 16.7. The van der Waals surface area contributed by atoms with Crippen LogP contribution in [0.1, 0.15) is 30.3 Å². The van der Waals surface area contributed by atoms with E-state index in [0.717, 1.165) is 22.6 Å². The number of rotatable bonds is 10. The molecule has 0 atom stereocenters. The Balaban J connectivity index is 1.61. The summed E-state index contributed by atoms with van der Waals surface area (Å²) in [6.45, 7) is 2.45. The summed E-state index contributed by atoms with van der Waals surface area (Å²) in [4.78, 5) is 16.9. The monoisotopic (exact) mass is 456 g/mol. The lowest BCUT2D eigenvalue weighted by Gasteiger charge is -2.14. The van der Waals surface area contributed by atoms with E-state index >= 15 is 0 Å². The molecular weight excluding hydrogens is 428 g/mol. The van der Waals surface area contributed by atoms with Crippen LogP contribution >= 0.6 is 0 Å². The maximum absolute atomic E-state index is 12.6. The predicted molar refractivity (Wildman–Crippen MR) is 130 cm³/mol. The van der Waals surface area contributed by atoms with Crippen molar-refractivity contribution in [2.24, 2.45) is 0 Å². The SMILES string of the molecule is CCc1nn(-c2ccccc2)c(Oc2ccccc2OC)c1CCC(=O)NCc1ccccn1. The Morgan fingerprint density at radius 1 is 0.971 bits per heavy atom. The molecule has 0 unspecified atom stereocenters. The van der Waals surface area contributed by atoms with E-state index in [9.17, 15) is 4.79 Å². The average Bonchev–Trinajstić information content (AvgIpc) is 3.24. The second-order valence-electron chi connectivity index (χ2n) is 7.68. The Hall–Kier alpha value is -4.13. The highest BCUT2D eigenvalue weighted by Crippen LogP contribution is 2.36. The largest absolute Gasteiger partial charge is 0.493 e. The quantitative estimate of drug-likeness (QED) is 0.368. The van der Waals surface area contributed by atoms with Crippen molar-refractivity contribution in [2.45, 2.75) is 32.7 Å². The summed E-state index contributed by atoms with van der Waals surface area (Å²) in [6, 6.07) is 23.0. The Kier molecular flexibility index (Phi) is 7.55. The number of aromatic nitrogens is 3. The summed E-state index contributed by atoms with van der Waals surface area (Å²) >= 11 is 0. The van der Waals surface area contributed by atoms with Crippen molar-refractivity contribution < 1.29 is 14.3 Å². The fourth-order valence-corrected chi connectivity index (χ4v) is 3.69. The standard InChI is InChI=1S/C27H28N4O3/c1-3-23-22(16-17-26(32)29-19-20-11-9-10-18-28-20)27(31(30-23)21-12-5-4-6-13-21)34-25-15-8-7-14-24(25)33-2/h4-15,18H,3,16-17,19H2,1-2H3,(H,29,32). The van der Waals surface area contributed by atoms with E-state index in [4.69, 9.17) is 14.6 Å². The summed E-state index contributed by atoms with van der Waals surface area (Å²) in [5.41, 5.74) is 3.51. The Morgan fingerprint density at radius 2 is 1.71 bits per heavy atom. The van der Waals surface area contributed by atoms with Gasteiger partial charge in [0.25, 0.3) is 0 Å². The minimum absolute atomic E-state index is 0.0524. The van der Waals surface area contributed by atoms with Gasteiger partial charge in [-0.2, -0.15) is 5.10 Å². The molecular formula is C27H28N4O3. The van der Waals surface area contributed by atoms with Gasteiger partial charge in [0.15, 0.2) is 11.5 Å². The van der Waals surface area contributed by atoms with Gasteiger partial charge in [0, 0.05) is 18.2 Å². The molecule has 4 rings (SSSR count). The third kappa shape index (κ3) is 5.43. The number of hydrogen-bond donors (Lipinski definition) is 1. The number of amides is 1. The highest BCUT2D eigenvalue weighted by Gasteiger charge is 2.22. The summed E-state index contributed by atoms with van der Waals surface area (Å²) in [6.07, 6.45) is 3.23. The van der Waals surface area contributed by atoms with E-state index in [-0.39, 0.29) is 5.91 Å². The number of hydrogen-bond acceptors (Lipinski definition) is 5. The molecule has 0 saturated heterocycles. The number of para-hydroxylation sites is 3. The molecule has 0 aliphatic rings. The van der Waals surface area contributed by atoms with Gasteiger partial charge in [-0.1, -0.05) is 43.3 Å². The third-order valence-corrected chi connectivity index (χ3v) is 5.43. The lowest BCUT2D eigenvalue weighted by atomic mass is 10.1. The molecule has 1 amide bonds. The van der Waals surface area contributed by atoms with Gasteiger partial charge >= 0.3 is 0 Å². The summed E-state index contributed by atoms with van der Waals surface area (Å²) in [5.74, 6) is 1.75. The third-order valence-electron chi connectivity index (χ3n) is 5.43. The molecule has 0 bridgehead atoms. The van der Waals surface area contributed by atoms with Crippen LogP contribution in [0.3, 0.4) is 0 Å². The van der Waals surface area contributed by atoms with Crippen molar-refractivity contribution in [3.8, 4) is 23.1 Å². The van der Waals surface area contributed by atoms with Crippen molar-refractivity contribution in [1.82, 2.24) is 20.1 Å². The minimum atomic E-state index is -0.0524. The number of nitrogens with zero attached hydrogens (tertiary/aromatic N) is 3. The molecule has 174 valence electrons. The average molecular weight is 457 g/mol. The first-order valence-corrected chi connectivity index (χ1v) is 11.3. The zero-order valence-electron chi connectivity index (χ0n) is 19.4. The van der Waals surface area contributed by atoms with Gasteiger partial charge in [0.2, 0.25) is 11.8 Å². The van der Waals surface area contributed by atoms with Gasteiger partial charge in [-0.05, 0) is 49.2 Å². The van der Waals surface area contributed by atoms with Crippen LogP contribution < -0.4 is 14.8 Å². The molecule has 0 radical (unpaired) electrons. The number of ether oxygens (including phenoxy) is 2. The molecule has 0 aliphatic heterocycles. The number of methoxy groups -OCH3 is 1. The maximum atomic E-state index is 12.6. The van der Waals surface area contributed by atoms with E-state index in [1.165, 1.54) is 0 Å². The van der Waals surface area contributed by atoms with Crippen molar-refractivity contribution in [3.05, 3.63) is 95.9 Å². The van der Waals surface area contributed by atoms with Gasteiger partial charge < -0.3 is 14.8 Å². The lowest BCUT2D eigenvalue weighted by Crippen LogP contribution is -2.23. The van der Waals surface area contributed by atoms with Crippen molar-refractivity contribution in [3.63, 3.8) is 0 Å². The van der Waals surface area contributed by atoms with Crippen LogP contribution in [-0.2, 0) is 24.2 Å².